The van der Waals surface area contributed by atoms with Crippen LogP contribution in [0, 0.1) is 0 Å². The second-order valence-corrected chi connectivity index (χ2v) is 5.66. The molecule has 1 saturated heterocycles. The van der Waals surface area contributed by atoms with Gasteiger partial charge in [0, 0.05) is 32.8 Å². The van der Waals surface area contributed by atoms with Crippen molar-refractivity contribution in [1.82, 2.24) is 10.2 Å². The summed E-state index contributed by atoms with van der Waals surface area (Å²) < 4.78 is 15.8. The molecule has 0 aromatic heterocycles. The molecule has 0 bridgehead atoms. The van der Waals surface area contributed by atoms with Crippen LogP contribution in [0.5, 0.6) is 0 Å². The van der Waals surface area contributed by atoms with Crippen LogP contribution in [-0.4, -0.2) is 75.5 Å². The molecule has 1 aromatic carbocycles. The minimum absolute atomic E-state index is 0.0444. The lowest BCUT2D eigenvalue weighted by atomic mass is 10.0. The van der Waals surface area contributed by atoms with Crippen molar-refractivity contribution in [2.24, 2.45) is 0 Å². The number of rotatable bonds is 10. The van der Waals surface area contributed by atoms with Crippen LogP contribution in [-0.2, 0) is 20.8 Å². The largest absolute Gasteiger partial charge is 0.395 e. The Balaban J connectivity index is 1.78. The monoisotopic (exact) mass is 324 g/mol. The van der Waals surface area contributed by atoms with Gasteiger partial charge in [-0.05, 0) is 5.56 Å². The van der Waals surface area contributed by atoms with Gasteiger partial charge in [0.1, 0.15) is 6.79 Å². The smallest absolute Gasteiger partial charge is 0.146 e. The highest BCUT2D eigenvalue weighted by atomic mass is 16.7. The van der Waals surface area contributed by atoms with Gasteiger partial charge >= 0.3 is 0 Å². The molecule has 1 heterocycles. The van der Waals surface area contributed by atoms with Crippen molar-refractivity contribution in [3.63, 3.8) is 0 Å². The van der Waals surface area contributed by atoms with Crippen molar-refractivity contribution in [2.45, 2.75) is 18.6 Å². The highest BCUT2D eigenvalue weighted by molar-refractivity contribution is 5.15. The SMILES string of the molecule is COCCOCOC[C@@H]1NCCN(Cc2ccccc2)[C@@H]1CO. The summed E-state index contributed by atoms with van der Waals surface area (Å²) in [5.74, 6) is 0. The van der Waals surface area contributed by atoms with Gasteiger partial charge in [-0.25, -0.2) is 0 Å². The zero-order valence-corrected chi connectivity index (χ0v) is 13.8. The predicted molar refractivity (Wildman–Crippen MR) is 88.2 cm³/mol. The molecule has 1 aliphatic rings. The van der Waals surface area contributed by atoms with Crippen LogP contribution in [0.15, 0.2) is 30.3 Å². The number of hydrogen-bond acceptors (Lipinski definition) is 6. The van der Waals surface area contributed by atoms with E-state index in [4.69, 9.17) is 14.2 Å². The molecule has 0 spiro atoms. The highest BCUT2D eigenvalue weighted by Gasteiger charge is 2.30. The zero-order chi connectivity index (χ0) is 16.3. The first-order valence-corrected chi connectivity index (χ1v) is 8.11. The Morgan fingerprint density at radius 1 is 1.22 bits per heavy atom. The summed E-state index contributed by atoms with van der Waals surface area (Å²) in [5, 5.41) is 13.2. The van der Waals surface area contributed by atoms with E-state index in [1.54, 1.807) is 7.11 Å². The first-order valence-electron chi connectivity index (χ1n) is 8.11. The lowest BCUT2D eigenvalue weighted by Gasteiger charge is -2.41. The van der Waals surface area contributed by atoms with Crippen LogP contribution in [0.3, 0.4) is 0 Å². The number of ether oxygens (including phenoxy) is 3. The predicted octanol–water partition coefficient (Wildman–Crippen LogP) is 0.458. The molecule has 1 aliphatic heterocycles. The molecule has 130 valence electrons. The molecule has 2 N–H and O–H groups in total. The number of methoxy groups -OCH3 is 1. The molecular formula is C17H28N2O4. The van der Waals surface area contributed by atoms with E-state index < -0.39 is 0 Å². The van der Waals surface area contributed by atoms with Crippen LogP contribution in [0.25, 0.3) is 0 Å². The number of benzene rings is 1. The average Bonchev–Trinajstić information content (AvgIpc) is 2.59. The normalized spacial score (nSPS) is 22.3. The van der Waals surface area contributed by atoms with Crippen molar-refractivity contribution in [3.8, 4) is 0 Å². The fraction of sp³-hybridized carbons (Fsp3) is 0.647. The first-order chi connectivity index (χ1) is 11.3. The fourth-order valence-corrected chi connectivity index (χ4v) is 2.81. The van der Waals surface area contributed by atoms with Gasteiger partial charge in [0.25, 0.3) is 0 Å². The van der Waals surface area contributed by atoms with Gasteiger partial charge in [-0.2, -0.15) is 0 Å². The number of piperazine rings is 1. The van der Waals surface area contributed by atoms with E-state index in [2.05, 4.69) is 22.3 Å². The van der Waals surface area contributed by atoms with E-state index in [1.807, 2.05) is 18.2 Å². The Bertz CT molecular complexity index is 418. The lowest BCUT2D eigenvalue weighted by molar-refractivity contribution is -0.0820. The second kappa shape index (κ2) is 10.7. The van der Waals surface area contributed by atoms with Crippen LogP contribution in [0.1, 0.15) is 5.56 Å². The molecule has 0 amide bonds. The molecule has 23 heavy (non-hydrogen) atoms. The molecule has 0 radical (unpaired) electrons. The van der Waals surface area contributed by atoms with Crippen molar-refractivity contribution < 1.29 is 19.3 Å². The van der Waals surface area contributed by atoms with Crippen molar-refractivity contribution in [3.05, 3.63) is 35.9 Å². The van der Waals surface area contributed by atoms with Gasteiger partial charge in [-0.1, -0.05) is 30.3 Å². The summed E-state index contributed by atoms with van der Waals surface area (Å²) in [5.41, 5.74) is 1.26. The van der Waals surface area contributed by atoms with E-state index in [0.29, 0.717) is 19.8 Å². The van der Waals surface area contributed by atoms with E-state index in [9.17, 15) is 5.11 Å². The number of nitrogens with zero attached hydrogens (tertiary/aromatic N) is 1. The Kier molecular flexibility index (Phi) is 8.52. The quantitative estimate of drug-likeness (QED) is 0.482. The third-order valence-corrected chi connectivity index (χ3v) is 4.05. The van der Waals surface area contributed by atoms with Crippen LogP contribution >= 0.6 is 0 Å². The van der Waals surface area contributed by atoms with Crippen LogP contribution in [0.4, 0.5) is 0 Å². The van der Waals surface area contributed by atoms with Crippen molar-refractivity contribution >= 4 is 0 Å². The number of nitrogens with one attached hydrogen (secondary N) is 1. The maximum Gasteiger partial charge on any atom is 0.146 e. The molecule has 0 saturated carbocycles. The Morgan fingerprint density at radius 2 is 2.04 bits per heavy atom. The standard InChI is InChI=1S/C17H28N2O4/c1-21-9-10-22-14-23-13-16-17(12-20)19(8-7-18-16)11-15-5-3-2-4-6-15/h2-6,16-18,20H,7-14H2,1H3/t16-,17+/m0/s1. The van der Waals surface area contributed by atoms with E-state index in [0.717, 1.165) is 19.6 Å². The molecule has 2 atom stereocenters. The van der Waals surface area contributed by atoms with E-state index in [1.165, 1.54) is 5.56 Å². The highest BCUT2D eigenvalue weighted by Crippen LogP contribution is 2.14. The average molecular weight is 324 g/mol. The van der Waals surface area contributed by atoms with E-state index >= 15 is 0 Å². The second-order valence-electron chi connectivity index (χ2n) is 5.66. The minimum Gasteiger partial charge on any atom is -0.395 e. The Labute approximate surface area is 138 Å². The zero-order valence-electron chi connectivity index (χ0n) is 13.8. The Hall–Kier alpha value is -1.02. The van der Waals surface area contributed by atoms with Gasteiger partial charge in [-0.15, -0.1) is 0 Å². The summed E-state index contributed by atoms with van der Waals surface area (Å²) in [6.07, 6.45) is 0. The summed E-state index contributed by atoms with van der Waals surface area (Å²) in [6.45, 7) is 4.62. The van der Waals surface area contributed by atoms with E-state index in [-0.39, 0.29) is 25.5 Å². The van der Waals surface area contributed by atoms with Crippen LogP contribution in [0.2, 0.25) is 0 Å². The summed E-state index contributed by atoms with van der Waals surface area (Å²) in [6, 6.07) is 10.5. The van der Waals surface area contributed by atoms with Gasteiger partial charge in [0.2, 0.25) is 0 Å². The molecule has 6 heteroatoms. The first kappa shape index (κ1) is 18.3. The van der Waals surface area contributed by atoms with Gasteiger partial charge in [0.15, 0.2) is 0 Å². The molecule has 0 unspecified atom stereocenters. The van der Waals surface area contributed by atoms with Crippen LogP contribution < -0.4 is 5.32 Å². The molecule has 1 fully saturated rings. The molecular weight excluding hydrogens is 296 g/mol. The fourth-order valence-electron chi connectivity index (χ4n) is 2.81. The molecule has 2 rings (SSSR count). The lowest BCUT2D eigenvalue weighted by Crippen LogP contribution is -2.60. The maximum absolute atomic E-state index is 9.80. The minimum atomic E-state index is 0.0444. The Morgan fingerprint density at radius 3 is 2.78 bits per heavy atom. The van der Waals surface area contributed by atoms with Crippen molar-refractivity contribution in [2.75, 3.05) is 53.4 Å². The number of aliphatic hydroxyl groups is 1. The maximum atomic E-state index is 9.80. The van der Waals surface area contributed by atoms with Crippen molar-refractivity contribution in [1.29, 1.82) is 0 Å². The van der Waals surface area contributed by atoms with Gasteiger partial charge in [-0.3, -0.25) is 4.90 Å². The van der Waals surface area contributed by atoms with Gasteiger partial charge < -0.3 is 24.6 Å². The number of aliphatic hydroxyl groups excluding tert-OH is 1. The topological polar surface area (TPSA) is 63.2 Å². The summed E-state index contributed by atoms with van der Waals surface area (Å²) in [4.78, 5) is 2.31. The molecule has 0 aliphatic carbocycles. The molecule has 6 nitrogen and oxygen atoms in total. The summed E-state index contributed by atoms with van der Waals surface area (Å²) in [7, 11) is 1.64. The summed E-state index contributed by atoms with van der Waals surface area (Å²) >= 11 is 0. The molecule has 1 aromatic rings. The third kappa shape index (κ3) is 6.18. The number of hydrogen-bond donors (Lipinski definition) is 2. The third-order valence-electron chi connectivity index (χ3n) is 4.05. The van der Waals surface area contributed by atoms with Gasteiger partial charge in [0.05, 0.1) is 32.5 Å².